The number of nitrogens with one attached hydrogen (secondary N) is 1. The third-order valence-corrected chi connectivity index (χ3v) is 3.62. The average Bonchev–Trinajstić information content (AvgIpc) is 2.47. The fraction of sp³-hybridized carbons (Fsp3) is 0.462. The van der Waals surface area contributed by atoms with Crippen molar-refractivity contribution >= 4 is 5.71 Å². The summed E-state index contributed by atoms with van der Waals surface area (Å²) >= 11 is 0. The normalized spacial score (nSPS) is 21.6. The van der Waals surface area contributed by atoms with Crippen LogP contribution in [0.15, 0.2) is 12.3 Å². The van der Waals surface area contributed by atoms with Crippen LogP contribution in [0.2, 0.25) is 0 Å². The molecule has 0 aliphatic heterocycles. The van der Waals surface area contributed by atoms with Crippen molar-refractivity contribution in [3.05, 3.63) is 29.1 Å². The van der Waals surface area contributed by atoms with Crippen LogP contribution in [0.1, 0.15) is 49.9 Å². The standard InChI is InChI=1S/C13H15N3/c1-4-11-10-7-16-8(6-14)5-9(10)12(15)13(11,2)3/h5,7,11,15H,4H2,1-3H3. The van der Waals surface area contributed by atoms with E-state index in [-0.39, 0.29) is 5.41 Å². The second kappa shape index (κ2) is 3.41. The monoisotopic (exact) mass is 213 g/mol. The van der Waals surface area contributed by atoms with Gasteiger partial charge in [-0.25, -0.2) is 4.98 Å². The third-order valence-electron chi connectivity index (χ3n) is 3.62. The maximum atomic E-state index is 8.83. The summed E-state index contributed by atoms with van der Waals surface area (Å²) in [5.41, 5.74) is 2.91. The van der Waals surface area contributed by atoms with Gasteiger partial charge in [0.15, 0.2) is 0 Å². The molecule has 0 radical (unpaired) electrons. The first kappa shape index (κ1) is 10.8. The van der Waals surface area contributed by atoms with Crippen molar-refractivity contribution in [1.29, 1.82) is 10.7 Å². The van der Waals surface area contributed by atoms with Crippen molar-refractivity contribution in [2.24, 2.45) is 5.41 Å². The van der Waals surface area contributed by atoms with E-state index in [1.54, 1.807) is 12.3 Å². The SMILES string of the molecule is CCC1c2cnc(C#N)cc2C(=N)C1(C)C. The van der Waals surface area contributed by atoms with E-state index >= 15 is 0 Å². The number of hydrogen-bond donors (Lipinski definition) is 1. The minimum absolute atomic E-state index is 0.146. The van der Waals surface area contributed by atoms with Crippen molar-refractivity contribution in [3.63, 3.8) is 0 Å². The number of fused-ring (bicyclic) bond motifs is 1. The molecule has 0 aromatic carbocycles. The van der Waals surface area contributed by atoms with Gasteiger partial charge >= 0.3 is 0 Å². The molecule has 1 aromatic heterocycles. The van der Waals surface area contributed by atoms with Crippen LogP contribution in [-0.4, -0.2) is 10.7 Å². The predicted octanol–water partition coefficient (Wildman–Crippen LogP) is 2.85. The fourth-order valence-electron chi connectivity index (χ4n) is 2.66. The van der Waals surface area contributed by atoms with Gasteiger partial charge in [0.2, 0.25) is 0 Å². The highest BCUT2D eigenvalue weighted by molar-refractivity contribution is 6.07. The molecule has 1 heterocycles. The molecule has 0 fully saturated rings. The van der Waals surface area contributed by atoms with Gasteiger partial charge in [-0.15, -0.1) is 0 Å². The second-order valence-corrected chi connectivity index (χ2v) is 4.83. The minimum Gasteiger partial charge on any atom is -0.304 e. The molecule has 0 amide bonds. The Morgan fingerprint density at radius 1 is 1.56 bits per heavy atom. The van der Waals surface area contributed by atoms with E-state index in [1.165, 1.54) is 0 Å². The van der Waals surface area contributed by atoms with Gasteiger partial charge in [0.25, 0.3) is 0 Å². The van der Waals surface area contributed by atoms with E-state index in [0.717, 1.165) is 17.5 Å². The van der Waals surface area contributed by atoms with Gasteiger partial charge in [-0.05, 0) is 24.0 Å². The Balaban J connectivity index is 2.63. The zero-order valence-corrected chi connectivity index (χ0v) is 9.83. The lowest BCUT2D eigenvalue weighted by molar-refractivity contribution is 0.410. The Labute approximate surface area is 95.6 Å². The zero-order chi connectivity index (χ0) is 11.9. The van der Waals surface area contributed by atoms with Gasteiger partial charge in [-0.2, -0.15) is 5.26 Å². The molecule has 1 unspecified atom stereocenters. The predicted molar refractivity (Wildman–Crippen MR) is 62.6 cm³/mol. The lowest BCUT2D eigenvalue weighted by Crippen LogP contribution is -2.23. The van der Waals surface area contributed by atoms with Gasteiger partial charge in [0, 0.05) is 22.9 Å². The fourth-order valence-corrected chi connectivity index (χ4v) is 2.66. The molecule has 1 aromatic rings. The molecule has 2 rings (SSSR count). The molecule has 0 spiro atoms. The topological polar surface area (TPSA) is 60.5 Å². The molecule has 82 valence electrons. The Bertz CT molecular complexity index is 494. The van der Waals surface area contributed by atoms with Crippen molar-refractivity contribution in [2.45, 2.75) is 33.1 Å². The summed E-state index contributed by atoms with van der Waals surface area (Å²) in [5, 5.41) is 17.0. The van der Waals surface area contributed by atoms with Crippen LogP contribution in [-0.2, 0) is 0 Å². The second-order valence-electron chi connectivity index (χ2n) is 4.83. The van der Waals surface area contributed by atoms with E-state index in [9.17, 15) is 0 Å². The first-order chi connectivity index (χ1) is 7.52. The van der Waals surface area contributed by atoms with Crippen LogP contribution in [0.5, 0.6) is 0 Å². The van der Waals surface area contributed by atoms with Gasteiger partial charge in [0.05, 0.1) is 0 Å². The Morgan fingerprint density at radius 3 is 2.81 bits per heavy atom. The van der Waals surface area contributed by atoms with Gasteiger partial charge < -0.3 is 5.41 Å². The molecule has 3 nitrogen and oxygen atoms in total. The summed E-state index contributed by atoms with van der Waals surface area (Å²) in [4.78, 5) is 4.11. The van der Waals surface area contributed by atoms with Crippen LogP contribution in [0.3, 0.4) is 0 Å². The van der Waals surface area contributed by atoms with E-state index in [4.69, 9.17) is 10.7 Å². The number of hydrogen-bond acceptors (Lipinski definition) is 3. The number of nitrogens with zero attached hydrogens (tertiary/aromatic N) is 2. The maximum absolute atomic E-state index is 8.83. The molecule has 0 bridgehead atoms. The van der Waals surface area contributed by atoms with E-state index in [0.29, 0.717) is 17.3 Å². The summed E-state index contributed by atoms with van der Waals surface area (Å²) < 4.78 is 0. The number of aromatic nitrogens is 1. The summed E-state index contributed by atoms with van der Waals surface area (Å²) in [6.45, 7) is 6.32. The van der Waals surface area contributed by atoms with Crippen LogP contribution in [0.25, 0.3) is 0 Å². The molecule has 1 aliphatic carbocycles. The minimum atomic E-state index is -0.146. The highest BCUT2D eigenvalue weighted by Gasteiger charge is 2.42. The Kier molecular flexibility index (Phi) is 2.31. The quantitative estimate of drug-likeness (QED) is 0.779. The van der Waals surface area contributed by atoms with Gasteiger partial charge in [-0.1, -0.05) is 20.8 Å². The molecule has 1 aliphatic rings. The molecule has 16 heavy (non-hydrogen) atoms. The lowest BCUT2D eigenvalue weighted by Gasteiger charge is -2.26. The van der Waals surface area contributed by atoms with E-state index < -0.39 is 0 Å². The summed E-state index contributed by atoms with van der Waals surface area (Å²) in [6, 6.07) is 3.77. The van der Waals surface area contributed by atoms with Crippen LogP contribution in [0.4, 0.5) is 0 Å². The van der Waals surface area contributed by atoms with Crippen molar-refractivity contribution in [2.75, 3.05) is 0 Å². The zero-order valence-electron chi connectivity index (χ0n) is 9.83. The molecular formula is C13H15N3. The van der Waals surface area contributed by atoms with Gasteiger partial charge in [-0.3, -0.25) is 0 Å². The largest absolute Gasteiger partial charge is 0.304 e. The molecule has 0 saturated carbocycles. The van der Waals surface area contributed by atoms with Crippen molar-refractivity contribution in [1.82, 2.24) is 4.98 Å². The smallest absolute Gasteiger partial charge is 0.141 e. The summed E-state index contributed by atoms with van der Waals surface area (Å²) in [5.74, 6) is 0.343. The molecule has 0 saturated heterocycles. The van der Waals surface area contributed by atoms with Crippen molar-refractivity contribution < 1.29 is 0 Å². The molecule has 1 N–H and O–H groups in total. The summed E-state index contributed by atoms with van der Waals surface area (Å²) in [7, 11) is 0. The highest BCUT2D eigenvalue weighted by atomic mass is 14.7. The van der Waals surface area contributed by atoms with E-state index in [1.807, 2.05) is 6.07 Å². The van der Waals surface area contributed by atoms with Crippen molar-refractivity contribution in [3.8, 4) is 6.07 Å². The molecule has 3 heteroatoms. The lowest BCUT2D eigenvalue weighted by atomic mass is 9.77. The van der Waals surface area contributed by atoms with Gasteiger partial charge in [0.1, 0.15) is 11.8 Å². The average molecular weight is 213 g/mol. The number of pyridine rings is 1. The highest BCUT2D eigenvalue weighted by Crippen LogP contribution is 2.48. The molecule has 1 atom stereocenters. The Hall–Kier alpha value is -1.69. The maximum Gasteiger partial charge on any atom is 0.141 e. The Morgan fingerprint density at radius 2 is 2.25 bits per heavy atom. The van der Waals surface area contributed by atoms with Crippen LogP contribution < -0.4 is 0 Å². The van der Waals surface area contributed by atoms with E-state index in [2.05, 4.69) is 25.8 Å². The number of rotatable bonds is 1. The number of nitriles is 1. The first-order valence-corrected chi connectivity index (χ1v) is 5.51. The van der Waals surface area contributed by atoms with Crippen LogP contribution >= 0.6 is 0 Å². The summed E-state index contributed by atoms with van der Waals surface area (Å²) in [6.07, 6.45) is 2.77. The molecular weight excluding hydrogens is 198 g/mol. The first-order valence-electron chi connectivity index (χ1n) is 5.51. The van der Waals surface area contributed by atoms with Crippen LogP contribution in [0, 0.1) is 22.2 Å². The third kappa shape index (κ3) is 1.26.